The average Bonchev–Trinajstić information content (AvgIpc) is 3.14. The van der Waals surface area contributed by atoms with Crippen LogP contribution in [0.2, 0.25) is 0 Å². The summed E-state index contributed by atoms with van der Waals surface area (Å²) < 4.78 is 13.4. The van der Waals surface area contributed by atoms with E-state index >= 15 is 0 Å². The fraction of sp³-hybridized carbons (Fsp3) is 0.759. The Morgan fingerprint density at radius 1 is 1.03 bits per heavy atom. The van der Waals surface area contributed by atoms with Crippen molar-refractivity contribution in [1.29, 1.82) is 0 Å². The summed E-state index contributed by atoms with van der Waals surface area (Å²) >= 11 is 0. The molecule has 33 heavy (non-hydrogen) atoms. The van der Waals surface area contributed by atoms with Gasteiger partial charge in [0.2, 0.25) is 5.91 Å². The number of aliphatic hydroxyl groups is 1. The standard InChI is InChI=1S/C29H42FNO2/c1-4-26(18-5-8-20(30)9-6-18)31-27(32)25-12-11-24-23-10-7-19-17-28(2,33)15-13-21(19)22(23)14-16-29(24,25)3/h5-6,8-9,19,21-26,33H,4,7,10-17H2,1-3H3,(H,31,32)/t19-,21+,22-,23-,24+,25-,26+,28-,29+/m1/s1. The quantitative estimate of drug-likeness (QED) is 0.551. The van der Waals surface area contributed by atoms with Crippen molar-refractivity contribution in [2.24, 2.45) is 40.9 Å². The first-order valence-corrected chi connectivity index (χ1v) is 13.5. The molecule has 1 aromatic carbocycles. The van der Waals surface area contributed by atoms with Crippen molar-refractivity contribution in [2.45, 2.75) is 96.6 Å². The Balaban J connectivity index is 1.29. The number of amides is 1. The predicted octanol–water partition coefficient (Wildman–Crippen LogP) is 6.41. The molecule has 4 aliphatic carbocycles. The van der Waals surface area contributed by atoms with Gasteiger partial charge in [-0.05, 0) is 124 Å². The van der Waals surface area contributed by atoms with Gasteiger partial charge in [-0.25, -0.2) is 4.39 Å². The van der Waals surface area contributed by atoms with Crippen molar-refractivity contribution in [3.63, 3.8) is 0 Å². The minimum Gasteiger partial charge on any atom is -0.390 e. The largest absolute Gasteiger partial charge is 0.390 e. The third kappa shape index (κ3) is 4.15. The Morgan fingerprint density at radius 3 is 2.48 bits per heavy atom. The van der Waals surface area contributed by atoms with Crippen molar-refractivity contribution >= 4 is 5.91 Å². The molecule has 4 fully saturated rings. The molecule has 4 heteroatoms. The van der Waals surface area contributed by atoms with Gasteiger partial charge in [-0.1, -0.05) is 26.0 Å². The van der Waals surface area contributed by atoms with Gasteiger partial charge in [0.15, 0.2) is 0 Å². The van der Waals surface area contributed by atoms with Gasteiger partial charge >= 0.3 is 0 Å². The molecule has 0 aliphatic heterocycles. The SMILES string of the molecule is CC[C@H](NC(=O)[C@H]1CC[C@H]2[C@@H]3CC[C@@H]4C[C@](C)(O)CC[C@@H]4[C@H]3CC[C@]12C)c1ccc(F)cc1. The van der Waals surface area contributed by atoms with Gasteiger partial charge in [-0.3, -0.25) is 4.79 Å². The molecule has 1 aromatic rings. The molecule has 4 aliphatic rings. The molecule has 0 radical (unpaired) electrons. The predicted molar refractivity (Wildman–Crippen MR) is 129 cm³/mol. The van der Waals surface area contributed by atoms with E-state index < -0.39 is 5.60 Å². The number of benzene rings is 1. The summed E-state index contributed by atoms with van der Waals surface area (Å²) in [5.74, 6) is 3.73. The van der Waals surface area contributed by atoms with Gasteiger partial charge in [-0.2, -0.15) is 0 Å². The summed E-state index contributed by atoms with van der Waals surface area (Å²) in [6.07, 6.45) is 11.0. The van der Waals surface area contributed by atoms with E-state index in [1.54, 1.807) is 12.1 Å². The molecule has 2 N–H and O–H groups in total. The van der Waals surface area contributed by atoms with Gasteiger partial charge in [0.25, 0.3) is 0 Å². The number of rotatable bonds is 4. The van der Waals surface area contributed by atoms with Crippen LogP contribution in [-0.4, -0.2) is 16.6 Å². The number of halogens is 1. The summed E-state index contributed by atoms with van der Waals surface area (Å²) in [6.45, 7) is 6.52. The first-order valence-electron chi connectivity index (χ1n) is 13.5. The van der Waals surface area contributed by atoms with E-state index in [9.17, 15) is 14.3 Å². The molecule has 0 bridgehead atoms. The third-order valence-electron chi connectivity index (χ3n) is 10.6. The van der Waals surface area contributed by atoms with Gasteiger partial charge in [0.1, 0.15) is 5.82 Å². The van der Waals surface area contributed by atoms with Gasteiger partial charge in [0.05, 0.1) is 11.6 Å². The number of carbonyl (C=O) groups excluding carboxylic acids is 1. The average molecular weight is 456 g/mol. The highest BCUT2D eigenvalue weighted by atomic mass is 19.1. The lowest BCUT2D eigenvalue weighted by Gasteiger charge is -2.56. The van der Waals surface area contributed by atoms with E-state index in [-0.39, 0.29) is 29.1 Å². The molecule has 4 saturated carbocycles. The number of hydrogen-bond donors (Lipinski definition) is 2. The second kappa shape index (κ2) is 8.66. The number of carbonyl (C=O) groups is 1. The molecule has 0 heterocycles. The molecule has 0 saturated heterocycles. The number of fused-ring (bicyclic) bond motifs is 5. The lowest BCUT2D eigenvalue weighted by molar-refractivity contribution is -0.135. The topological polar surface area (TPSA) is 49.3 Å². The lowest BCUT2D eigenvalue weighted by Crippen LogP contribution is -2.51. The summed E-state index contributed by atoms with van der Waals surface area (Å²) in [4.78, 5) is 13.6. The van der Waals surface area contributed by atoms with Crippen LogP contribution in [-0.2, 0) is 4.79 Å². The maximum atomic E-state index is 13.6. The fourth-order valence-corrected chi connectivity index (χ4v) is 8.90. The first-order chi connectivity index (χ1) is 15.7. The van der Waals surface area contributed by atoms with Crippen molar-refractivity contribution in [1.82, 2.24) is 5.32 Å². The Hall–Kier alpha value is -1.42. The van der Waals surface area contributed by atoms with E-state index in [0.29, 0.717) is 11.8 Å². The van der Waals surface area contributed by atoms with Crippen molar-refractivity contribution in [2.75, 3.05) is 0 Å². The van der Waals surface area contributed by atoms with Crippen LogP contribution in [0.4, 0.5) is 4.39 Å². The van der Waals surface area contributed by atoms with Crippen molar-refractivity contribution in [3.8, 4) is 0 Å². The minimum absolute atomic E-state index is 0.0532. The smallest absolute Gasteiger partial charge is 0.224 e. The van der Waals surface area contributed by atoms with Crippen molar-refractivity contribution < 1.29 is 14.3 Å². The minimum atomic E-state index is -0.464. The zero-order valence-corrected chi connectivity index (χ0v) is 20.7. The fourth-order valence-electron chi connectivity index (χ4n) is 8.90. The molecule has 0 aromatic heterocycles. The van der Waals surface area contributed by atoms with Crippen LogP contribution in [0.3, 0.4) is 0 Å². The van der Waals surface area contributed by atoms with Crippen LogP contribution in [0.1, 0.15) is 96.6 Å². The molecule has 3 nitrogen and oxygen atoms in total. The van der Waals surface area contributed by atoms with Crippen LogP contribution >= 0.6 is 0 Å². The van der Waals surface area contributed by atoms with E-state index in [1.807, 2.05) is 6.92 Å². The Kier molecular flexibility index (Phi) is 6.12. The Labute approximate surface area is 198 Å². The Bertz CT molecular complexity index is 867. The molecule has 182 valence electrons. The first kappa shape index (κ1) is 23.3. The van der Waals surface area contributed by atoms with E-state index in [2.05, 4.69) is 19.2 Å². The summed E-state index contributed by atoms with van der Waals surface area (Å²) in [5.41, 5.74) is 0.620. The molecule has 0 spiro atoms. The van der Waals surface area contributed by atoms with Crippen LogP contribution in [0, 0.1) is 46.7 Å². The van der Waals surface area contributed by atoms with Crippen molar-refractivity contribution in [3.05, 3.63) is 35.6 Å². The summed E-state index contributed by atoms with van der Waals surface area (Å²) in [7, 11) is 0. The Morgan fingerprint density at radius 2 is 1.76 bits per heavy atom. The summed E-state index contributed by atoms with van der Waals surface area (Å²) in [5, 5.41) is 14.0. The van der Waals surface area contributed by atoms with Gasteiger partial charge < -0.3 is 10.4 Å². The lowest BCUT2D eigenvalue weighted by atomic mass is 9.49. The number of nitrogens with one attached hydrogen (secondary N) is 1. The molecule has 9 atom stereocenters. The third-order valence-corrected chi connectivity index (χ3v) is 10.6. The second-order valence-corrected chi connectivity index (χ2v) is 12.4. The zero-order chi connectivity index (χ0) is 23.4. The maximum Gasteiger partial charge on any atom is 0.224 e. The maximum absolute atomic E-state index is 13.6. The van der Waals surface area contributed by atoms with E-state index in [1.165, 1.54) is 44.2 Å². The van der Waals surface area contributed by atoms with E-state index in [4.69, 9.17) is 0 Å². The van der Waals surface area contributed by atoms with Crippen LogP contribution < -0.4 is 5.32 Å². The molecular weight excluding hydrogens is 413 g/mol. The monoisotopic (exact) mass is 455 g/mol. The zero-order valence-electron chi connectivity index (χ0n) is 20.7. The number of hydrogen-bond acceptors (Lipinski definition) is 2. The van der Waals surface area contributed by atoms with Crippen LogP contribution in [0.5, 0.6) is 0 Å². The second-order valence-electron chi connectivity index (χ2n) is 12.4. The molecule has 0 unspecified atom stereocenters. The van der Waals surface area contributed by atoms with Gasteiger partial charge in [0, 0.05) is 5.92 Å². The highest BCUT2D eigenvalue weighted by Crippen LogP contribution is 2.64. The highest BCUT2D eigenvalue weighted by Gasteiger charge is 2.59. The van der Waals surface area contributed by atoms with Crippen LogP contribution in [0.25, 0.3) is 0 Å². The molecule has 5 rings (SSSR count). The summed E-state index contributed by atoms with van der Waals surface area (Å²) in [6, 6.07) is 6.52. The highest BCUT2D eigenvalue weighted by molar-refractivity contribution is 5.80. The van der Waals surface area contributed by atoms with Gasteiger partial charge in [-0.15, -0.1) is 0 Å². The molecule has 1 amide bonds. The van der Waals surface area contributed by atoms with E-state index in [0.717, 1.165) is 55.4 Å². The molecular formula is C29H42FNO2. The van der Waals surface area contributed by atoms with Crippen LogP contribution in [0.15, 0.2) is 24.3 Å². The normalized spacial score (nSPS) is 43.2.